The summed E-state index contributed by atoms with van der Waals surface area (Å²) in [5.74, 6) is -1.58. The Hall–Kier alpha value is -2.26. The van der Waals surface area contributed by atoms with Crippen LogP contribution in [0.4, 0.5) is 32.0 Å². The molecule has 0 atom stereocenters. The summed E-state index contributed by atoms with van der Waals surface area (Å²) in [6.07, 6.45) is -12.8. The van der Waals surface area contributed by atoms with E-state index in [2.05, 4.69) is 19.5 Å². The second-order valence-electron chi connectivity index (χ2n) is 4.36. The van der Waals surface area contributed by atoms with Crippen molar-refractivity contribution in [2.24, 2.45) is 9.98 Å². The SMILES string of the molecule is CCOC1=NC(=Nc2ccccc2)C(C(F)(F)F)(C(F)(F)F)O1. The van der Waals surface area contributed by atoms with Gasteiger partial charge in [-0.1, -0.05) is 18.2 Å². The van der Waals surface area contributed by atoms with Crippen molar-refractivity contribution in [1.29, 1.82) is 0 Å². The molecule has 1 aromatic carbocycles. The van der Waals surface area contributed by atoms with Gasteiger partial charge in [0.15, 0.2) is 5.84 Å². The third-order valence-corrected chi connectivity index (χ3v) is 2.81. The van der Waals surface area contributed by atoms with Crippen molar-refractivity contribution >= 4 is 17.6 Å². The van der Waals surface area contributed by atoms with Crippen LogP contribution in [0, 0.1) is 0 Å². The van der Waals surface area contributed by atoms with Gasteiger partial charge in [-0.25, -0.2) is 4.99 Å². The first kappa shape index (κ1) is 17.1. The predicted molar refractivity (Wildman–Crippen MR) is 68.5 cm³/mol. The van der Waals surface area contributed by atoms with Crippen molar-refractivity contribution in [2.45, 2.75) is 24.9 Å². The number of ether oxygens (including phenoxy) is 2. The van der Waals surface area contributed by atoms with E-state index in [1.54, 1.807) is 0 Å². The molecule has 0 aromatic heterocycles. The van der Waals surface area contributed by atoms with Crippen LogP contribution in [-0.4, -0.2) is 36.5 Å². The van der Waals surface area contributed by atoms with Crippen LogP contribution in [0.25, 0.3) is 0 Å². The minimum Gasteiger partial charge on any atom is -0.451 e. The normalized spacial score (nSPS) is 19.4. The number of hydrogen-bond acceptors (Lipinski definition) is 3. The molecule has 0 aliphatic carbocycles. The van der Waals surface area contributed by atoms with Gasteiger partial charge < -0.3 is 9.47 Å². The molecule has 23 heavy (non-hydrogen) atoms. The first-order valence-corrected chi connectivity index (χ1v) is 6.30. The first-order chi connectivity index (χ1) is 10.6. The van der Waals surface area contributed by atoms with Crippen LogP contribution >= 0.6 is 0 Å². The molecule has 0 saturated heterocycles. The highest BCUT2D eigenvalue weighted by atomic mass is 19.4. The molecule has 1 heterocycles. The summed E-state index contributed by atoms with van der Waals surface area (Å²) in [4.78, 5) is 6.50. The van der Waals surface area contributed by atoms with Gasteiger partial charge in [-0.15, -0.1) is 0 Å². The maximum absolute atomic E-state index is 13.2. The average Bonchev–Trinajstić information content (AvgIpc) is 2.79. The molecule has 0 amide bonds. The van der Waals surface area contributed by atoms with Crippen molar-refractivity contribution in [3.05, 3.63) is 30.3 Å². The number of alkyl halides is 6. The van der Waals surface area contributed by atoms with Gasteiger partial charge in [0.05, 0.1) is 12.3 Å². The second-order valence-corrected chi connectivity index (χ2v) is 4.36. The quantitative estimate of drug-likeness (QED) is 0.764. The zero-order valence-corrected chi connectivity index (χ0v) is 11.6. The van der Waals surface area contributed by atoms with Crippen molar-refractivity contribution in [3.8, 4) is 0 Å². The van der Waals surface area contributed by atoms with Crippen LogP contribution in [0.1, 0.15) is 6.92 Å². The molecular formula is C13H10F6N2O2. The Balaban J connectivity index is 2.62. The third-order valence-electron chi connectivity index (χ3n) is 2.81. The highest BCUT2D eigenvalue weighted by Gasteiger charge is 2.80. The van der Waals surface area contributed by atoms with Crippen LogP contribution in [0.2, 0.25) is 0 Å². The van der Waals surface area contributed by atoms with E-state index in [9.17, 15) is 26.3 Å². The molecule has 10 heteroatoms. The fourth-order valence-electron chi connectivity index (χ4n) is 1.81. The number of nitrogens with zero attached hydrogens (tertiary/aromatic N) is 2. The van der Waals surface area contributed by atoms with Gasteiger partial charge in [0.1, 0.15) is 0 Å². The minimum absolute atomic E-state index is 0.134. The molecule has 126 valence electrons. The molecule has 0 saturated carbocycles. The summed E-state index contributed by atoms with van der Waals surface area (Å²) >= 11 is 0. The monoisotopic (exact) mass is 340 g/mol. The van der Waals surface area contributed by atoms with Gasteiger partial charge >= 0.3 is 24.0 Å². The number of para-hydroxylation sites is 1. The summed E-state index contributed by atoms with van der Waals surface area (Å²) in [5.41, 5.74) is -4.80. The van der Waals surface area contributed by atoms with Crippen molar-refractivity contribution in [3.63, 3.8) is 0 Å². The lowest BCUT2D eigenvalue weighted by molar-refractivity contribution is -0.332. The molecule has 0 fully saturated rings. The average molecular weight is 340 g/mol. The predicted octanol–water partition coefficient (Wildman–Crippen LogP) is 4.00. The van der Waals surface area contributed by atoms with E-state index in [0.717, 1.165) is 0 Å². The Morgan fingerprint density at radius 2 is 1.65 bits per heavy atom. The number of benzene rings is 1. The first-order valence-electron chi connectivity index (χ1n) is 6.30. The summed E-state index contributed by atoms with van der Waals surface area (Å²) in [6.45, 7) is 1.14. The molecule has 1 aromatic rings. The molecule has 0 spiro atoms. The van der Waals surface area contributed by atoms with Crippen molar-refractivity contribution < 1.29 is 35.8 Å². The summed E-state index contributed by atoms with van der Waals surface area (Å²) in [5, 5.41) is 0. The fraction of sp³-hybridized carbons (Fsp3) is 0.385. The van der Waals surface area contributed by atoms with Gasteiger partial charge in [-0.2, -0.15) is 31.3 Å². The lowest BCUT2D eigenvalue weighted by atomic mass is 10.0. The second kappa shape index (κ2) is 5.74. The number of aliphatic imine (C=N–C) groups is 2. The van der Waals surface area contributed by atoms with E-state index in [4.69, 9.17) is 0 Å². The highest BCUT2D eigenvalue weighted by molar-refractivity contribution is 6.05. The largest absolute Gasteiger partial charge is 0.451 e. The smallest absolute Gasteiger partial charge is 0.445 e. The third kappa shape index (κ3) is 2.97. The Morgan fingerprint density at radius 3 is 2.13 bits per heavy atom. The summed E-state index contributed by atoms with van der Waals surface area (Å²) < 4.78 is 88.0. The Bertz CT molecular complexity index is 608. The van der Waals surface area contributed by atoms with Gasteiger partial charge in [0, 0.05) is 0 Å². The zero-order valence-electron chi connectivity index (χ0n) is 11.6. The van der Waals surface area contributed by atoms with E-state index in [1.165, 1.54) is 37.3 Å². The molecule has 4 nitrogen and oxygen atoms in total. The molecule has 0 bridgehead atoms. The standard InChI is InChI=1S/C13H10F6N2O2/c1-2-22-10-21-9(20-8-6-4-3-5-7-8)11(23-10,12(14,15)16)13(17,18)19/h3-7H,2H2,1H3. The van der Waals surface area contributed by atoms with E-state index in [-0.39, 0.29) is 12.3 Å². The van der Waals surface area contributed by atoms with Crippen molar-refractivity contribution in [1.82, 2.24) is 0 Å². The fourth-order valence-corrected chi connectivity index (χ4v) is 1.81. The molecule has 0 radical (unpaired) electrons. The Morgan fingerprint density at radius 1 is 1.09 bits per heavy atom. The van der Waals surface area contributed by atoms with Gasteiger partial charge in [-0.3, -0.25) is 0 Å². The molecular weight excluding hydrogens is 330 g/mol. The topological polar surface area (TPSA) is 43.2 Å². The van der Waals surface area contributed by atoms with Crippen LogP contribution in [0.5, 0.6) is 0 Å². The number of rotatable bonds is 2. The number of hydrogen-bond donors (Lipinski definition) is 0. The maximum Gasteiger partial charge on any atom is 0.445 e. The minimum atomic E-state index is -5.83. The summed E-state index contributed by atoms with van der Waals surface area (Å²) in [6, 6.07) is 6.82. The van der Waals surface area contributed by atoms with Crippen LogP contribution in [-0.2, 0) is 9.47 Å². The van der Waals surface area contributed by atoms with Gasteiger partial charge in [-0.05, 0) is 19.1 Å². The maximum atomic E-state index is 13.2. The van der Waals surface area contributed by atoms with E-state index < -0.39 is 29.9 Å². The Labute approximate surface area is 126 Å². The van der Waals surface area contributed by atoms with Crippen molar-refractivity contribution in [2.75, 3.05) is 6.61 Å². The van der Waals surface area contributed by atoms with Gasteiger partial charge in [0.2, 0.25) is 0 Å². The molecule has 1 aliphatic heterocycles. The lowest BCUT2D eigenvalue weighted by Gasteiger charge is -2.31. The zero-order chi connectivity index (χ0) is 17.3. The highest BCUT2D eigenvalue weighted by Crippen LogP contribution is 2.50. The van der Waals surface area contributed by atoms with Crippen LogP contribution in [0.15, 0.2) is 40.3 Å². The van der Waals surface area contributed by atoms with E-state index in [0.29, 0.717) is 0 Å². The van der Waals surface area contributed by atoms with Crippen LogP contribution in [0.3, 0.4) is 0 Å². The Kier molecular flexibility index (Phi) is 4.27. The van der Waals surface area contributed by atoms with E-state index in [1.807, 2.05) is 0 Å². The molecule has 0 N–H and O–H groups in total. The number of halogens is 6. The molecule has 2 rings (SSSR count). The van der Waals surface area contributed by atoms with E-state index >= 15 is 0 Å². The lowest BCUT2D eigenvalue weighted by Crippen LogP contribution is -2.62. The van der Waals surface area contributed by atoms with Gasteiger partial charge in [0.25, 0.3) is 0 Å². The summed E-state index contributed by atoms with van der Waals surface area (Å²) in [7, 11) is 0. The molecule has 1 aliphatic rings. The molecule has 0 unspecified atom stereocenters. The number of amidine groups is 1. The van der Waals surface area contributed by atoms with Crippen LogP contribution < -0.4 is 0 Å².